The van der Waals surface area contributed by atoms with E-state index in [0.717, 1.165) is 5.52 Å². The monoisotopic (exact) mass is 301 g/mol. The Bertz CT molecular complexity index is 532. The molecule has 0 aliphatic carbocycles. The highest BCUT2D eigenvalue weighted by Crippen LogP contribution is 2.26. The number of hydrogen-bond donors (Lipinski definition) is 0. The molecule has 3 heteroatoms. The second kappa shape index (κ2) is 9.60. The van der Waals surface area contributed by atoms with Gasteiger partial charge in [-0.1, -0.05) is 65.2 Å². The number of fused-ring (bicyclic) bond motifs is 1. The minimum absolute atomic E-state index is 0.537. The SMILES string of the molecule is CCCCCCCC(CCCCC)n1ncc2ncccc21. The Balaban J connectivity index is 1.99. The number of pyridine rings is 1. The highest BCUT2D eigenvalue weighted by atomic mass is 15.3. The molecular weight excluding hydrogens is 270 g/mol. The molecular formula is C19H31N3. The van der Waals surface area contributed by atoms with Gasteiger partial charge in [-0.25, -0.2) is 0 Å². The fourth-order valence-electron chi connectivity index (χ4n) is 3.17. The molecule has 0 radical (unpaired) electrons. The molecule has 0 saturated heterocycles. The number of nitrogens with zero attached hydrogens (tertiary/aromatic N) is 3. The Hall–Kier alpha value is -1.38. The third-order valence-electron chi connectivity index (χ3n) is 4.50. The van der Waals surface area contributed by atoms with Crippen molar-refractivity contribution in [1.29, 1.82) is 0 Å². The molecule has 0 aliphatic heterocycles. The van der Waals surface area contributed by atoms with Crippen LogP contribution in [0, 0.1) is 0 Å². The van der Waals surface area contributed by atoms with Gasteiger partial charge in [-0.2, -0.15) is 5.10 Å². The molecule has 0 amide bonds. The van der Waals surface area contributed by atoms with Gasteiger partial charge in [0.15, 0.2) is 0 Å². The molecule has 1 unspecified atom stereocenters. The Morgan fingerprint density at radius 2 is 1.64 bits per heavy atom. The van der Waals surface area contributed by atoms with Gasteiger partial charge in [-0.3, -0.25) is 9.67 Å². The maximum atomic E-state index is 4.64. The minimum atomic E-state index is 0.537. The molecule has 2 heterocycles. The summed E-state index contributed by atoms with van der Waals surface area (Å²) in [6, 6.07) is 4.71. The van der Waals surface area contributed by atoms with Gasteiger partial charge in [0.1, 0.15) is 5.52 Å². The molecule has 0 saturated carbocycles. The fourth-order valence-corrected chi connectivity index (χ4v) is 3.17. The lowest BCUT2D eigenvalue weighted by atomic mass is 10.0. The summed E-state index contributed by atoms with van der Waals surface area (Å²) in [6.45, 7) is 4.55. The normalized spacial score (nSPS) is 12.8. The largest absolute Gasteiger partial charge is 0.260 e. The summed E-state index contributed by atoms with van der Waals surface area (Å²) in [4.78, 5) is 4.42. The van der Waals surface area contributed by atoms with Crippen molar-refractivity contribution >= 4 is 11.0 Å². The van der Waals surface area contributed by atoms with E-state index in [1.807, 2.05) is 18.5 Å². The van der Waals surface area contributed by atoms with Crippen LogP contribution in [0.15, 0.2) is 24.5 Å². The van der Waals surface area contributed by atoms with Crippen LogP contribution in [0.4, 0.5) is 0 Å². The Morgan fingerprint density at radius 1 is 0.955 bits per heavy atom. The highest BCUT2D eigenvalue weighted by Gasteiger charge is 2.14. The second-order valence-electron chi connectivity index (χ2n) is 6.35. The van der Waals surface area contributed by atoms with Crippen LogP contribution in [0.3, 0.4) is 0 Å². The van der Waals surface area contributed by atoms with Crippen LogP contribution in [-0.4, -0.2) is 14.8 Å². The number of unbranched alkanes of at least 4 members (excludes halogenated alkanes) is 6. The number of rotatable bonds is 11. The third kappa shape index (κ3) is 4.82. The maximum Gasteiger partial charge on any atom is 0.108 e. The van der Waals surface area contributed by atoms with E-state index < -0.39 is 0 Å². The quantitative estimate of drug-likeness (QED) is 0.483. The lowest BCUT2D eigenvalue weighted by Crippen LogP contribution is -2.11. The topological polar surface area (TPSA) is 30.7 Å². The van der Waals surface area contributed by atoms with E-state index in [1.54, 1.807) is 0 Å². The molecule has 1 atom stereocenters. The van der Waals surface area contributed by atoms with E-state index in [2.05, 4.69) is 34.7 Å². The fraction of sp³-hybridized carbons (Fsp3) is 0.684. The van der Waals surface area contributed by atoms with E-state index in [0.29, 0.717) is 6.04 Å². The zero-order valence-corrected chi connectivity index (χ0v) is 14.3. The molecule has 22 heavy (non-hydrogen) atoms. The van der Waals surface area contributed by atoms with Crippen molar-refractivity contribution in [2.75, 3.05) is 0 Å². The first-order valence-electron chi connectivity index (χ1n) is 9.15. The zero-order valence-electron chi connectivity index (χ0n) is 14.3. The molecule has 0 spiro atoms. The van der Waals surface area contributed by atoms with Gasteiger partial charge in [-0.05, 0) is 25.0 Å². The van der Waals surface area contributed by atoms with Gasteiger partial charge in [0, 0.05) is 6.20 Å². The molecule has 0 fully saturated rings. The second-order valence-corrected chi connectivity index (χ2v) is 6.35. The summed E-state index contributed by atoms with van der Waals surface area (Å²) >= 11 is 0. The van der Waals surface area contributed by atoms with E-state index in [-0.39, 0.29) is 0 Å². The van der Waals surface area contributed by atoms with E-state index in [4.69, 9.17) is 0 Å². The van der Waals surface area contributed by atoms with Crippen LogP contribution in [0.2, 0.25) is 0 Å². The lowest BCUT2D eigenvalue weighted by Gasteiger charge is -2.18. The lowest BCUT2D eigenvalue weighted by molar-refractivity contribution is 0.378. The molecule has 0 N–H and O–H groups in total. The summed E-state index contributed by atoms with van der Waals surface area (Å²) in [5.41, 5.74) is 2.21. The van der Waals surface area contributed by atoms with Crippen LogP contribution in [0.25, 0.3) is 11.0 Å². The summed E-state index contributed by atoms with van der Waals surface area (Å²) in [5.74, 6) is 0. The number of hydrogen-bond acceptors (Lipinski definition) is 2. The Labute approximate surface area is 135 Å². The van der Waals surface area contributed by atoms with Gasteiger partial charge in [0.25, 0.3) is 0 Å². The summed E-state index contributed by atoms with van der Waals surface area (Å²) in [7, 11) is 0. The summed E-state index contributed by atoms with van der Waals surface area (Å²) in [6.07, 6.45) is 16.9. The summed E-state index contributed by atoms with van der Waals surface area (Å²) in [5, 5.41) is 4.64. The van der Waals surface area contributed by atoms with Crippen molar-refractivity contribution in [1.82, 2.24) is 14.8 Å². The Morgan fingerprint density at radius 3 is 2.41 bits per heavy atom. The predicted molar refractivity (Wildman–Crippen MR) is 94.1 cm³/mol. The van der Waals surface area contributed by atoms with Crippen molar-refractivity contribution in [2.24, 2.45) is 0 Å². The van der Waals surface area contributed by atoms with Gasteiger partial charge in [-0.15, -0.1) is 0 Å². The first kappa shape index (κ1) is 17.0. The Kier molecular flexibility index (Phi) is 7.41. The maximum absolute atomic E-state index is 4.64. The first-order chi connectivity index (χ1) is 10.9. The molecule has 0 aliphatic rings. The predicted octanol–water partition coefficient (Wildman–Crippen LogP) is 5.91. The number of aromatic nitrogens is 3. The van der Waals surface area contributed by atoms with Crippen molar-refractivity contribution in [3.63, 3.8) is 0 Å². The van der Waals surface area contributed by atoms with Gasteiger partial charge in [0.2, 0.25) is 0 Å². The van der Waals surface area contributed by atoms with Crippen LogP contribution in [-0.2, 0) is 0 Å². The smallest absolute Gasteiger partial charge is 0.108 e. The minimum Gasteiger partial charge on any atom is -0.260 e. The average Bonchev–Trinajstić information content (AvgIpc) is 2.97. The van der Waals surface area contributed by atoms with Gasteiger partial charge in [0.05, 0.1) is 17.8 Å². The molecule has 2 rings (SSSR count). The van der Waals surface area contributed by atoms with E-state index in [1.165, 1.54) is 69.7 Å². The van der Waals surface area contributed by atoms with Crippen LogP contribution in [0.5, 0.6) is 0 Å². The van der Waals surface area contributed by atoms with Crippen LogP contribution in [0.1, 0.15) is 84.1 Å². The standard InChI is InChI=1S/C19H31N3/c1-3-5-7-8-10-13-17(12-9-6-4-2)22-19-14-11-15-20-18(19)16-21-22/h11,14-17H,3-10,12-13H2,1-2H3. The van der Waals surface area contributed by atoms with E-state index >= 15 is 0 Å². The average molecular weight is 301 g/mol. The summed E-state index contributed by atoms with van der Waals surface area (Å²) < 4.78 is 2.23. The molecule has 0 aromatic carbocycles. The van der Waals surface area contributed by atoms with Crippen molar-refractivity contribution in [2.45, 2.75) is 84.1 Å². The zero-order chi connectivity index (χ0) is 15.6. The highest BCUT2D eigenvalue weighted by molar-refractivity contribution is 5.73. The van der Waals surface area contributed by atoms with Gasteiger partial charge < -0.3 is 0 Å². The first-order valence-corrected chi connectivity index (χ1v) is 9.15. The molecule has 3 nitrogen and oxygen atoms in total. The van der Waals surface area contributed by atoms with Crippen molar-refractivity contribution in [3.05, 3.63) is 24.5 Å². The molecule has 2 aromatic heterocycles. The van der Waals surface area contributed by atoms with Crippen LogP contribution < -0.4 is 0 Å². The molecule has 0 bridgehead atoms. The van der Waals surface area contributed by atoms with Crippen LogP contribution >= 0.6 is 0 Å². The van der Waals surface area contributed by atoms with Gasteiger partial charge >= 0.3 is 0 Å². The van der Waals surface area contributed by atoms with E-state index in [9.17, 15) is 0 Å². The molecule has 122 valence electrons. The third-order valence-corrected chi connectivity index (χ3v) is 4.50. The van der Waals surface area contributed by atoms with Crippen molar-refractivity contribution < 1.29 is 0 Å². The molecule has 2 aromatic rings. The van der Waals surface area contributed by atoms with Crippen molar-refractivity contribution in [3.8, 4) is 0 Å².